The van der Waals surface area contributed by atoms with E-state index in [4.69, 9.17) is 0 Å². The van der Waals surface area contributed by atoms with Crippen molar-refractivity contribution >= 4 is 48.6 Å². The molecule has 5 nitrogen and oxygen atoms in total. The van der Waals surface area contributed by atoms with Crippen molar-refractivity contribution in [2.24, 2.45) is 0 Å². The van der Waals surface area contributed by atoms with E-state index in [9.17, 15) is 8.42 Å². The summed E-state index contributed by atoms with van der Waals surface area (Å²) >= 11 is 2.55. The van der Waals surface area contributed by atoms with Crippen molar-refractivity contribution in [1.29, 1.82) is 0 Å². The molecular formula is C10H7N3O2S3. The molecule has 2 aromatic heterocycles. The van der Waals surface area contributed by atoms with Gasteiger partial charge in [-0.2, -0.15) is 0 Å². The number of rotatable bonds is 3. The summed E-state index contributed by atoms with van der Waals surface area (Å²) < 4.78 is 27.6. The first kappa shape index (κ1) is 11.6. The molecule has 18 heavy (non-hydrogen) atoms. The van der Waals surface area contributed by atoms with Crippen LogP contribution in [0.1, 0.15) is 0 Å². The number of hydrogen-bond acceptors (Lipinski definition) is 6. The highest BCUT2D eigenvalue weighted by atomic mass is 32.2. The highest BCUT2D eigenvalue weighted by molar-refractivity contribution is 7.94. The molecule has 0 bridgehead atoms. The zero-order valence-electron chi connectivity index (χ0n) is 8.90. The molecule has 0 saturated carbocycles. The second kappa shape index (κ2) is 4.30. The fraction of sp³-hybridized carbons (Fsp3) is 0. The number of nitrogens with one attached hydrogen (secondary N) is 1. The van der Waals surface area contributed by atoms with Crippen LogP contribution in [0.15, 0.2) is 39.6 Å². The van der Waals surface area contributed by atoms with Crippen molar-refractivity contribution in [2.75, 3.05) is 4.72 Å². The van der Waals surface area contributed by atoms with E-state index >= 15 is 0 Å². The Labute approximate surface area is 111 Å². The molecule has 0 aliphatic heterocycles. The molecule has 2 heterocycles. The van der Waals surface area contributed by atoms with E-state index in [2.05, 4.69) is 14.7 Å². The average molecular weight is 297 g/mol. The quantitative estimate of drug-likeness (QED) is 0.806. The molecule has 1 N–H and O–H groups in total. The van der Waals surface area contributed by atoms with Gasteiger partial charge in [0.15, 0.2) is 4.21 Å². The van der Waals surface area contributed by atoms with Gasteiger partial charge in [-0.1, -0.05) is 0 Å². The van der Waals surface area contributed by atoms with Gasteiger partial charge in [-0.3, -0.25) is 9.71 Å². The van der Waals surface area contributed by atoms with Crippen molar-refractivity contribution in [3.05, 3.63) is 35.4 Å². The van der Waals surface area contributed by atoms with Crippen molar-refractivity contribution in [3.63, 3.8) is 0 Å². The Morgan fingerprint density at radius 1 is 1.17 bits per heavy atom. The predicted molar refractivity (Wildman–Crippen MR) is 72.5 cm³/mol. The van der Waals surface area contributed by atoms with E-state index < -0.39 is 10.0 Å². The Bertz CT molecular complexity index is 778. The van der Waals surface area contributed by atoms with Gasteiger partial charge in [0.05, 0.1) is 33.1 Å². The van der Waals surface area contributed by atoms with Crippen molar-refractivity contribution in [3.8, 4) is 0 Å². The minimum atomic E-state index is -3.53. The SMILES string of the molecule is O=S(=O)(Nc1ccc2ncsc2c1)c1cncs1. The van der Waals surface area contributed by atoms with Crippen LogP contribution in [-0.2, 0) is 10.0 Å². The van der Waals surface area contributed by atoms with E-state index in [1.54, 1.807) is 23.7 Å². The number of sulfonamides is 1. The molecule has 3 rings (SSSR count). The molecule has 3 aromatic rings. The molecule has 0 amide bonds. The van der Waals surface area contributed by atoms with Crippen LogP contribution >= 0.6 is 22.7 Å². The topological polar surface area (TPSA) is 72.0 Å². The molecule has 8 heteroatoms. The van der Waals surface area contributed by atoms with Gasteiger partial charge < -0.3 is 0 Å². The van der Waals surface area contributed by atoms with Crippen molar-refractivity contribution < 1.29 is 8.42 Å². The number of hydrogen-bond donors (Lipinski definition) is 1. The Balaban J connectivity index is 1.97. The predicted octanol–water partition coefficient (Wildman–Crippen LogP) is 2.55. The molecular weight excluding hydrogens is 290 g/mol. The summed E-state index contributed by atoms with van der Waals surface area (Å²) in [6, 6.07) is 5.25. The van der Waals surface area contributed by atoms with Crippen LogP contribution < -0.4 is 4.72 Å². The summed E-state index contributed by atoms with van der Waals surface area (Å²) in [4.78, 5) is 7.90. The summed E-state index contributed by atoms with van der Waals surface area (Å²) in [6.45, 7) is 0. The first-order valence-electron chi connectivity index (χ1n) is 4.90. The van der Waals surface area contributed by atoms with E-state index in [0.717, 1.165) is 21.6 Å². The van der Waals surface area contributed by atoms with Gasteiger partial charge in [-0.15, -0.1) is 22.7 Å². The maximum Gasteiger partial charge on any atom is 0.273 e. The Kier molecular flexibility index (Phi) is 2.77. The Morgan fingerprint density at radius 2 is 2.06 bits per heavy atom. The molecule has 0 saturated heterocycles. The minimum absolute atomic E-state index is 0.201. The van der Waals surface area contributed by atoms with Crippen LogP contribution in [0.2, 0.25) is 0 Å². The van der Waals surface area contributed by atoms with Gasteiger partial charge in [0.2, 0.25) is 0 Å². The van der Waals surface area contributed by atoms with Crippen LogP contribution in [0.4, 0.5) is 5.69 Å². The number of thiazole rings is 2. The van der Waals surface area contributed by atoms with Crippen molar-refractivity contribution in [1.82, 2.24) is 9.97 Å². The summed E-state index contributed by atoms with van der Waals surface area (Å²) in [5.74, 6) is 0. The third kappa shape index (κ3) is 2.09. The van der Waals surface area contributed by atoms with Gasteiger partial charge in [0, 0.05) is 0 Å². The highest BCUT2D eigenvalue weighted by Crippen LogP contribution is 2.24. The summed E-state index contributed by atoms with van der Waals surface area (Å²) in [5.41, 5.74) is 4.61. The summed E-state index contributed by atoms with van der Waals surface area (Å²) in [6.07, 6.45) is 1.33. The number of benzene rings is 1. The summed E-state index contributed by atoms with van der Waals surface area (Å²) in [7, 11) is -3.53. The molecule has 0 aliphatic rings. The number of aromatic nitrogens is 2. The molecule has 0 unspecified atom stereocenters. The molecule has 0 spiro atoms. The van der Waals surface area contributed by atoms with E-state index in [-0.39, 0.29) is 4.21 Å². The van der Waals surface area contributed by atoms with Gasteiger partial charge in [0.25, 0.3) is 10.0 Å². The lowest BCUT2D eigenvalue weighted by Crippen LogP contribution is -2.11. The van der Waals surface area contributed by atoms with Crippen LogP contribution in [-0.4, -0.2) is 18.4 Å². The smallest absolute Gasteiger partial charge is 0.273 e. The maximum absolute atomic E-state index is 12.0. The standard InChI is InChI=1S/C10H7N3O2S3/c14-18(15,10-4-11-5-17-10)13-7-1-2-8-9(3-7)16-6-12-8/h1-6,13H. The second-order valence-corrected chi connectivity index (χ2v) is 7.14. The van der Waals surface area contributed by atoms with E-state index in [0.29, 0.717) is 5.69 Å². The van der Waals surface area contributed by atoms with E-state index in [1.807, 2.05) is 0 Å². The van der Waals surface area contributed by atoms with Crippen LogP contribution in [0.5, 0.6) is 0 Å². The van der Waals surface area contributed by atoms with Crippen LogP contribution in [0.25, 0.3) is 10.2 Å². The minimum Gasteiger partial charge on any atom is -0.279 e. The average Bonchev–Trinajstić information content (AvgIpc) is 2.99. The van der Waals surface area contributed by atoms with Crippen LogP contribution in [0.3, 0.4) is 0 Å². The lowest BCUT2D eigenvalue weighted by atomic mass is 10.3. The van der Waals surface area contributed by atoms with E-state index in [1.165, 1.54) is 23.0 Å². The normalized spacial score (nSPS) is 11.8. The number of fused-ring (bicyclic) bond motifs is 1. The van der Waals surface area contributed by atoms with Crippen LogP contribution in [0, 0.1) is 0 Å². The molecule has 0 fully saturated rings. The third-order valence-corrected chi connectivity index (χ3v) is 5.70. The van der Waals surface area contributed by atoms with Gasteiger partial charge >= 0.3 is 0 Å². The summed E-state index contributed by atoms with van der Waals surface area (Å²) in [5, 5.41) is 0. The fourth-order valence-corrected chi connectivity index (χ4v) is 4.02. The Hall–Kier alpha value is -1.51. The first-order chi connectivity index (χ1) is 8.65. The highest BCUT2D eigenvalue weighted by Gasteiger charge is 2.16. The largest absolute Gasteiger partial charge is 0.279 e. The maximum atomic E-state index is 12.0. The lowest BCUT2D eigenvalue weighted by Gasteiger charge is -2.05. The molecule has 92 valence electrons. The molecule has 0 aliphatic carbocycles. The van der Waals surface area contributed by atoms with Gasteiger partial charge in [-0.25, -0.2) is 13.4 Å². The first-order valence-corrected chi connectivity index (χ1v) is 8.14. The van der Waals surface area contributed by atoms with Gasteiger partial charge in [-0.05, 0) is 18.2 Å². The fourth-order valence-electron chi connectivity index (χ4n) is 1.46. The number of nitrogens with zero attached hydrogens (tertiary/aromatic N) is 2. The lowest BCUT2D eigenvalue weighted by molar-refractivity contribution is 0.603. The second-order valence-electron chi connectivity index (χ2n) is 3.46. The number of anilines is 1. The molecule has 0 atom stereocenters. The zero-order valence-corrected chi connectivity index (χ0v) is 11.3. The Morgan fingerprint density at radius 3 is 2.83 bits per heavy atom. The third-order valence-electron chi connectivity index (χ3n) is 2.26. The van der Waals surface area contributed by atoms with Gasteiger partial charge in [0.1, 0.15) is 0 Å². The zero-order chi connectivity index (χ0) is 12.6. The molecule has 0 radical (unpaired) electrons. The monoisotopic (exact) mass is 297 g/mol. The molecule has 1 aromatic carbocycles. The van der Waals surface area contributed by atoms with Crippen molar-refractivity contribution in [2.45, 2.75) is 4.21 Å².